The first kappa shape index (κ1) is 13.8. The van der Waals surface area contributed by atoms with E-state index in [1.54, 1.807) is 11.8 Å². The highest BCUT2D eigenvalue weighted by Crippen LogP contribution is 2.13. The molecule has 0 spiro atoms. The van der Waals surface area contributed by atoms with Crippen LogP contribution in [0.2, 0.25) is 0 Å². The van der Waals surface area contributed by atoms with Gasteiger partial charge in [-0.1, -0.05) is 48.6 Å². The lowest BCUT2D eigenvalue weighted by molar-refractivity contribution is 0.148. The predicted molar refractivity (Wildman–Crippen MR) is 80.2 cm³/mol. The van der Waals surface area contributed by atoms with Crippen LogP contribution in [-0.2, 0) is 11.3 Å². The van der Waals surface area contributed by atoms with E-state index in [4.69, 9.17) is 4.74 Å². The number of hydrogen-bond donors (Lipinski definition) is 0. The van der Waals surface area contributed by atoms with Crippen LogP contribution in [0.15, 0.2) is 71.9 Å². The van der Waals surface area contributed by atoms with Crippen molar-refractivity contribution < 1.29 is 4.74 Å². The molecule has 0 unspecified atom stereocenters. The first-order valence-electron chi connectivity index (χ1n) is 6.25. The Labute approximate surface area is 118 Å². The lowest BCUT2D eigenvalue weighted by Gasteiger charge is -2.00. The van der Waals surface area contributed by atoms with Crippen LogP contribution >= 0.6 is 11.8 Å². The van der Waals surface area contributed by atoms with Crippen LogP contribution in [0.4, 0.5) is 0 Å². The van der Waals surface area contributed by atoms with Gasteiger partial charge in [-0.15, -0.1) is 11.8 Å². The van der Waals surface area contributed by atoms with Crippen molar-refractivity contribution in [1.29, 1.82) is 0 Å². The average molecular weight is 271 g/mol. The van der Waals surface area contributed by atoms with E-state index in [9.17, 15) is 0 Å². The van der Waals surface area contributed by atoms with Crippen LogP contribution in [0.1, 0.15) is 5.56 Å². The summed E-state index contributed by atoms with van der Waals surface area (Å²) < 4.78 is 5.56. The van der Waals surface area contributed by atoms with E-state index in [1.807, 2.05) is 42.6 Å². The Hall–Kier alpha value is -1.58. The fraction of sp³-hybridized carbons (Fsp3) is 0.188. The zero-order valence-electron chi connectivity index (χ0n) is 10.7. The number of hydrogen-bond acceptors (Lipinski definition) is 3. The van der Waals surface area contributed by atoms with Gasteiger partial charge in [0.1, 0.15) is 0 Å². The molecule has 0 amide bonds. The highest BCUT2D eigenvalue weighted by Gasteiger charge is 1.91. The second-order valence-electron chi connectivity index (χ2n) is 3.95. The minimum atomic E-state index is 0.650. The summed E-state index contributed by atoms with van der Waals surface area (Å²) in [5, 5.41) is 1.05. The number of benzene rings is 1. The Balaban J connectivity index is 1.57. The number of aromatic nitrogens is 1. The third kappa shape index (κ3) is 5.73. The summed E-state index contributed by atoms with van der Waals surface area (Å²) >= 11 is 1.72. The van der Waals surface area contributed by atoms with Gasteiger partial charge in [0.05, 0.1) is 18.2 Å². The maximum absolute atomic E-state index is 5.56. The van der Waals surface area contributed by atoms with Crippen molar-refractivity contribution in [3.63, 3.8) is 0 Å². The Morgan fingerprint density at radius 3 is 2.63 bits per heavy atom. The molecule has 0 fully saturated rings. The van der Waals surface area contributed by atoms with E-state index in [0.29, 0.717) is 13.2 Å². The van der Waals surface area contributed by atoms with E-state index >= 15 is 0 Å². The van der Waals surface area contributed by atoms with Gasteiger partial charge in [0.15, 0.2) is 0 Å². The molecule has 2 nitrogen and oxygen atoms in total. The maximum atomic E-state index is 5.56. The number of thioether (sulfide) groups is 1. The monoisotopic (exact) mass is 271 g/mol. The van der Waals surface area contributed by atoms with E-state index in [0.717, 1.165) is 10.8 Å². The largest absolute Gasteiger partial charge is 0.373 e. The molecule has 0 bridgehead atoms. The fourth-order valence-corrected chi connectivity index (χ4v) is 2.23. The van der Waals surface area contributed by atoms with Crippen LogP contribution in [0.3, 0.4) is 0 Å². The number of pyridine rings is 1. The van der Waals surface area contributed by atoms with Gasteiger partial charge in [0.25, 0.3) is 0 Å². The molecule has 1 heterocycles. The van der Waals surface area contributed by atoms with Crippen molar-refractivity contribution in [1.82, 2.24) is 4.98 Å². The molecule has 2 aromatic rings. The van der Waals surface area contributed by atoms with E-state index in [-0.39, 0.29) is 0 Å². The topological polar surface area (TPSA) is 22.1 Å². The van der Waals surface area contributed by atoms with Crippen LogP contribution in [-0.4, -0.2) is 17.3 Å². The van der Waals surface area contributed by atoms with Gasteiger partial charge in [-0.3, -0.25) is 0 Å². The average Bonchev–Trinajstić information content (AvgIpc) is 2.48. The zero-order chi connectivity index (χ0) is 13.2. The summed E-state index contributed by atoms with van der Waals surface area (Å²) in [4.78, 5) is 4.25. The molecule has 0 aliphatic carbocycles. The van der Waals surface area contributed by atoms with Crippen molar-refractivity contribution in [2.75, 3.05) is 12.4 Å². The lowest BCUT2D eigenvalue weighted by atomic mass is 10.2. The van der Waals surface area contributed by atoms with E-state index in [1.165, 1.54) is 5.56 Å². The molecule has 0 N–H and O–H groups in total. The third-order valence-electron chi connectivity index (χ3n) is 2.46. The molecule has 1 aromatic heterocycles. The zero-order valence-corrected chi connectivity index (χ0v) is 11.6. The second kappa shape index (κ2) is 8.51. The highest BCUT2D eigenvalue weighted by molar-refractivity contribution is 7.99. The van der Waals surface area contributed by atoms with Gasteiger partial charge in [-0.25, -0.2) is 4.98 Å². The minimum absolute atomic E-state index is 0.650. The van der Waals surface area contributed by atoms with Gasteiger partial charge >= 0.3 is 0 Å². The second-order valence-corrected chi connectivity index (χ2v) is 4.99. The Kier molecular flexibility index (Phi) is 6.20. The fourth-order valence-electron chi connectivity index (χ4n) is 1.52. The normalized spacial score (nSPS) is 10.9. The molecular weight excluding hydrogens is 254 g/mol. The first-order chi connectivity index (χ1) is 9.45. The first-order valence-corrected chi connectivity index (χ1v) is 7.24. The van der Waals surface area contributed by atoms with E-state index in [2.05, 4.69) is 29.3 Å². The van der Waals surface area contributed by atoms with Gasteiger partial charge in [-0.2, -0.15) is 0 Å². The molecule has 98 valence electrons. The molecule has 3 heteroatoms. The number of nitrogens with zero attached hydrogens (tertiary/aromatic N) is 1. The standard InChI is InChI=1S/C16H17NOS/c1-2-8-15(9-3-1)14-18-12-6-7-13-19-16-10-4-5-11-17-16/h1-11H,12-14H2/b7-6+. The van der Waals surface area contributed by atoms with Crippen molar-refractivity contribution in [2.24, 2.45) is 0 Å². The van der Waals surface area contributed by atoms with E-state index < -0.39 is 0 Å². The molecule has 1 aromatic carbocycles. The Morgan fingerprint density at radius 2 is 1.84 bits per heavy atom. The molecule has 19 heavy (non-hydrogen) atoms. The Bertz CT molecular complexity index is 485. The van der Waals surface area contributed by atoms with Gasteiger partial charge in [-0.05, 0) is 17.7 Å². The summed E-state index contributed by atoms with van der Waals surface area (Å²) in [5.74, 6) is 0.922. The van der Waals surface area contributed by atoms with Crippen molar-refractivity contribution >= 4 is 11.8 Å². The molecule has 0 saturated heterocycles. The van der Waals surface area contributed by atoms with Gasteiger partial charge in [0.2, 0.25) is 0 Å². The maximum Gasteiger partial charge on any atom is 0.0962 e. The number of ether oxygens (including phenoxy) is 1. The third-order valence-corrected chi connectivity index (χ3v) is 3.35. The van der Waals surface area contributed by atoms with Gasteiger partial charge in [0, 0.05) is 11.9 Å². The quantitative estimate of drug-likeness (QED) is 0.432. The van der Waals surface area contributed by atoms with Crippen molar-refractivity contribution in [2.45, 2.75) is 11.6 Å². The van der Waals surface area contributed by atoms with Crippen LogP contribution in [0.25, 0.3) is 0 Å². The van der Waals surface area contributed by atoms with Crippen LogP contribution < -0.4 is 0 Å². The lowest BCUT2D eigenvalue weighted by Crippen LogP contribution is -1.92. The van der Waals surface area contributed by atoms with Crippen molar-refractivity contribution in [3.05, 3.63) is 72.4 Å². The van der Waals surface area contributed by atoms with Crippen molar-refractivity contribution in [3.8, 4) is 0 Å². The minimum Gasteiger partial charge on any atom is -0.373 e. The van der Waals surface area contributed by atoms with Crippen LogP contribution in [0, 0.1) is 0 Å². The molecule has 0 saturated carbocycles. The summed E-state index contributed by atoms with van der Waals surface area (Å²) in [6.45, 7) is 1.32. The SMILES string of the molecule is C(=C\CSc1ccccn1)/COCc1ccccc1. The molecule has 0 aliphatic heterocycles. The van der Waals surface area contributed by atoms with Gasteiger partial charge < -0.3 is 4.74 Å². The summed E-state index contributed by atoms with van der Waals surface area (Å²) in [6.07, 6.45) is 5.98. The summed E-state index contributed by atoms with van der Waals surface area (Å²) in [7, 11) is 0. The molecule has 0 atom stereocenters. The molecule has 0 radical (unpaired) electrons. The Morgan fingerprint density at radius 1 is 1.00 bits per heavy atom. The highest BCUT2D eigenvalue weighted by atomic mass is 32.2. The summed E-state index contributed by atoms with van der Waals surface area (Å²) in [5.41, 5.74) is 1.21. The smallest absolute Gasteiger partial charge is 0.0962 e. The summed E-state index contributed by atoms with van der Waals surface area (Å²) in [6, 6.07) is 16.2. The number of rotatable bonds is 7. The molecule has 0 aliphatic rings. The van der Waals surface area contributed by atoms with Crippen LogP contribution in [0.5, 0.6) is 0 Å². The molecular formula is C16H17NOS. The molecule has 2 rings (SSSR count). The predicted octanol–water partition coefficient (Wildman–Crippen LogP) is 3.95.